The average molecular weight is 517 g/mol. The van der Waals surface area contributed by atoms with Gasteiger partial charge in [-0.3, -0.25) is 0 Å². The van der Waals surface area contributed by atoms with Gasteiger partial charge in [-0.2, -0.15) is 0 Å². The Hall–Kier alpha value is 2.90. The van der Waals surface area contributed by atoms with E-state index in [2.05, 4.69) is 22.0 Å². The standard InChI is InChI=1S/CH4S.2V.2W/c1-2;;;;/h2H,1H3;;;;/p-1. The Bertz CT molecular complexity index is 59.9. The van der Waals surface area contributed by atoms with Gasteiger partial charge in [-0.25, -0.2) is 0 Å². The van der Waals surface area contributed by atoms with E-state index in [4.69, 9.17) is 0 Å². The Morgan fingerprint density at radius 3 is 1.67 bits per heavy atom. The summed E-state index contributed by atoms with van der Waals surface area (Å²) in [4.78, 5) is 0. The minimum Gasteiger partial charge on any atom is 0 e. The molecule has 0 unspecified atom stereocenters. The molecule has 0 heterocycles. The molecule has 0 fully saturated rings. The van der Waals surface area contributed by atoms with E-state index in [-0.39, 0.29) is 39.6 Å². The summed E-state index contributed by atoms with van der Waals surface area (Å²) < 4.78 is 0. The van der Waals surface area contributed by atoms with Gasteiger partial charge in [0.05, 0.1) is 0 Å². The van der Waals surface area contributed by atoms with Gasteiger partial charge in [0.1, 0.15) is 0 Å². The fourth-order valence-corrected chi connectivity index (χ4v) is 0. The first-order valence-electron chi connectivity index (χ1n) is 0.757. The van der Waals surface area contributed by atoms with E-state index >= 15 is 0 Å². The molecule has 0 saturated heterocycles. The zero-order valence-corrected chi connectivity index (χ0v) is 12.6. The van der Waals surface area contributed by atoms with E-state index in [1.54, 1.807) is 18.0 Å². The smallest absolute Gasteiger partial charge is 0 e. The third-order valence-electron chi connectivity index (χ3n) is 0. The van der Waals surface area contributed by atoms with Gasteiger partial charge < -0.3 is 0 Å². The zero-order chi connectivity index (χ0) is 3.58. The van der Waals surface area contributed by atoms with E-state index in [1.807, 2.05) is 0 Å². The van der Waals surface area contributed by atoms with Gasteiger partial charge in [0.15, 0.2) is 0 Å². The zero-order valence-electron chi connectivity index (χ0n) is 3.12. The van der Waals surface area contributed by atoms with E-state index in [9.17, 15) is 0 Å². The van der Waals surface area contributed by atoms with Crippen molar-refractivity contribution in [3.05, 3.63) is 0 Å². The number of hydrogen-bond acceptors (Lipinski definition) is 1. The molecule has 0 aliphatic carbocycles. The third-order valence-corrected chi connectivity index (χ3v) is 0. The van der Waals surface area contributed by atoms with Crippen molar-refractivity contribution in [2.75, 3.05) is 6.26 Å². The summed E-state index contributed by atoms with van der Waals surface area (Å²) in [5.74, 6) is 0.660. The maximum atomic E-state index is 2.60. The second kappa shape index (κ2) is 10.8. The second-order valence-electron chi connectivity index (χ2n) is 0.424. The molecule has 0 bridgehead atoms. The van der Waals surface area contributed by atoms with Gasteiger partial charge in [0.25, 0.3) is 0 Å². The molecular formula is CH3SV2W2-. The van der Waals surface area contributed by atoms with Crippen LogP contribution in [0, 0.1) is 0 Å². The molecule has 0 aromatic rings. The fourth-order valence-electron chi connectivity index (χ4n) is 0. The molecule has 0 aromatic heterocycles. The minimum absolute atomic E-state index is 0. The van der Waals surface area contributed by atoms with Crippen molar-refractivity contribution in [3.63, 3.8) is 0 Å². The first kappa shape index (κ1) is 16.0. The SMILES string of the molecule is C[S-](=[V])=[W].[V].[W]. The van der Waals surface area contributed by atoms with Crippen molar-refractivity contribution < 1.29 is 73.3 Å². The molecule has 0 aromatic carbocycles. The third kappa shape index (κ3) is 28.6. The van der Waals surface area contributed by atoms with Crippen LogP contribution in [0.25, 0.3) is 0 Å². The first-order chi connectivity index (χ1) is 1.73. The molecule has 5 heteroatoms. The molecule has 1 radical (unpaired) electrons. The molecule has 36 valence electrons. The van der Waals surface area contributed by atoms with E-state index < -0.39 is 0 Å². The van der Waals surface area contributed by atoms with Crippen LogP contribution >= 0.6 is 0 Å². The predicted octanol–water partition coefficient (Wildman–Crippen LogP) is 0.153. The van der Waals surface area contributed by atoms with Crippen molar-refractivity contribution in [3.8, 4) is 0 Å². The molecule has 0 amide bonds. The predicted molar refractivity (Wildman–Crippen MR) is 13.3 cm³/mol. The van der Waals surface area contributed by atoms with Crippen LogP contribution in [-0.2, 0) is 79.1 Å². The van der Waals surface area contributed by atoms with Crippen molar-refractivity contribution in [2.24, 2.45) is 0 Å². The molecule has 0 spiro atoms. The van der Waals surface area contributed by atoms with E-state index in [0.717, 1.165) is 0 Å². The summed E-state index contributed by atoms with van der Waals surface area (Å²) in [6.07, 6.45) is 2.20. The van der Waals surface area contributed by atoms with Crippen molar-refractivity contribution in [1.82, 2.24) is 0 Å². The van der Waals surface area contributed by atoms with Gasteiger partial charge in [0.2, 0.25) is 0 Å². The monoisotopic (exact) mass is 517 g/mol. The van der Waals surface area contributed by atoms with Crippen LogP contribution in [0.2, 0.25) is 0 Å². The van der Waals surface area contributed by atoms with Gasteiger partial charge in [-0.1, -0.05) is 0 Å². The quantitative estimate of drug-likeness (QED) is 0.403. The van der Waals surface area contributed by atoms with Crippen LogP contribution < -0.4 is 0 Å². The summed E-state index contributed by atoms with van der Waals surface area (Å²) in [5.41, 5.74) is 0. The van der Waals surface area contributed by atoms with Crippen molar-refractivity contribution in [1.29, 1.82) is 0 Å². The minimum atomic E-state index is 0. The first-order valence-corrected chi connectivity index (χ1v) is 7.58. The van der Waals surface area contributed by atoms with Gasteiger partial charge >= 0.3 is 45.7 Å². The topological polar surface area (TPSA) is 0 Å². The number of rotatable bonds is 0. The summed E-state index contributed by atoms with van der Waals surface area (Å²) in [6, 6.07) is 0. The van der Waals surface area contributed by atoms with Crippen molar-refractivity contribution in [2.45, 2.75) is 0 Å². The van der Waals surface area contributed by atoms with Crippen LogP contribution in [0.4, 0.5) is 0 Å². The van der Waals surface area contributed by atoms with Crippen LogP contribution in [0.1, 0.15) is 0 Å². The molecule has 0 N–H and O–H groups in total. The Kier molecular flexibility index (Phi) is 28.7. The van der Waals surface area contributed by atoms with Gasteiger partial charge in [-0.05, 0) is 0 Å². The molecule has 0 aliphatic heterocycles. The van der Waals surface area contributed by atoms with Crippen molar-refractivity contribution >= 4 is 5.74 Å². The van der Waals surface area contributed by atoms with E-state index in [1.165, 1.54) is 0 Å². The average Bonchev–Trinajstić information content (AvgIpc) is 0.811. The maximum Gasteiger partial charge on any atom is 0 e. The fraction of sp³-hybridized carbons (Fsp3) is 1.00. The Morgan fingerprint density at radius 1 is 1.67 bits per heavy atom. The molecule has 0 nitrogen and oxygen atoms in total. The summed E-state index contributed by atoms with van der Waals surface area (Å²) in [5, 5.41) is 0. The van der Waals surface area contributed by atoms with Crippen LogP contribution in [0.15, 0.2) is 0 Å². The van der Waals surface area contributed by atoms with Gasteiger partial charge in [-0.15, -0.1) is 0 Å². The summed E-state index contributed by atoms with van der Waals surface area (Å²) in [6.45, 7) is 0. The van der Waals surface area contributed by atoms with Crippen LogP contribution in [0.3, 0.4) is 0 Å². The Labute approximate surface area is 83.9 Å². The molecular weight excluding hydrogens is 514 g/mol. The number of hydrogen-bond donors (Lipinski definition) is 0. The normalized spacial score (nSPS) is 5.50. The summed E-state index contributed by atoms with van der Waals surface area (Å²) >= 11 is 4.28. The molecule has 6 heavy (non-hydrogen) atoms. The molecule has 0 saturated carbocycles. The molecule has 0 rings (SSSR count). The van der Waals surface area contributed by atoms with Crippen LogP contribution in [0.5, 0.6) is 0 Å². The Balaban J connectivity index is -0.0000000450. The maximum absolute atomic E-state index is 2.60. The summed E-state index contributed by atoms with van der Waals surface area (Å²) in [7, 11) is 0. The molecule has 0 atom stereocenters. The van der Waals surface area contributed by atoms with Crippen LogP contribution in [-0.4, -0.2) is 6.26 Å². The van der Waals surface area contributed by atoms with E-state index in [0.29, 0.717) is 5.74 Å². The van der Waals surface area contributed by atoms with Gasteiger partial charge in [0, 0.05) is 39.6 Å². The largest absolute Gasteiger partial charge is 0 e. The molecule has 0 aliphatic rings. The Morgan fingerprint density at radius 2 is 1.67 bits per heavy atom. The second-order valence-corrected chi connectivity index (χ2v) is 13.9.